The van der Waals surface area contributed by atoms with Crippen LogP contribution in [0, 0.1) is 6.92 Å². The lowest BCUT2D eigenvalue weighted by Gasteiger charge is -2.37. The van der Waals surface area contributed by atoms with E-state index in [0.717, 1.165) is 62.3 Å². The van der Waals surface area contributed by atoms with E-state index < -0.39 is 0 Å². The summed E-state index contributed by atoms with van der Waals surface area (Å²) in [5, 5.41) is 2.41. The summed E-state index contributed by atoms with van der Waals surface area (Å²) in [7, 11) is 0. The van der Waals surface area contributed by atoms with Crippen molar-refractivity contribution in [3.8, 4) is 11.5 Å². The maximum Gasteiger partial charge on any atom is 0.227 e. The SMILES string of the molecule is Cc1oc(-c2cccc3ccccc23)nc1CN1CCCC[C@@H]1CCN1CCOCC1. The molecule has 0 spiro atoms. The molecule has 1 aromatic heterocycles. The van der Waals surface area contributed by atoms with Crippen LogP contribution in [0.3, 0.4) is 0 Å². The quantitative estimate of drug-likeness (QED) is 0.570. The Labute approximate surface area is 185 Å². The van der Waals surface area contributed by atoms with Crippen molar-refractivity contribution in [1.82, 2.24) is 14.8 Å². The highest BCUT2D eigenvalue weighted by molar-refractivity contribution is 5.94. The van der Waals surface area contributed by atoms with Gasteiger partial charge < -0.3 is 9.15 Å². The smallest absolute Gasteiger partial charge is 0.227 e. The first-order valence-electron chi connectivity index (χ1n) is 11.8. The fourth-order valence-electron chi connectivity index (χ4n) is 5.05. The number of morpholine rings is 1. The summed E-state index contributed by atoms with van der Waals surface area (Å²) in [5.41, 5.74) is 2.16. The lowest BCUT2D eigenvalue weighted by molar-refractivity contribution is 0.0301. The first kappa shape index (κ1) is 20.7. The number of rotatable bonds is 6. The number of fused-ring (bicyclic) bond motifs is 1. The average Bonchev–Trinajstić information content (AvgIpc) is 3.18. The van der Waals surface area contributed by atoms with E-state index in [1.807, 2.05) is 0 Å². The van der Waals surface area contributed by atoms with Crippen LogP contribution in [0.5, 0.6) is 0 Å². The highest BCUT2D eigenvalue weighted by atomic mass is 16.5. The van der Waals surface area contributed by atoms with Crippen LogP contribution in [0.25, 0.3) is 22.2 Å². The highest BCUT2D eigenvalue weighted by Crippen LogP contribution is 2.30. The predicted molar refractivity (Wildman–Crippen MR) is 124 cm³/mol. The largest absolute Gasteiger partial charge is 0.441 e. The zero-order chi connectivity index (χ0) is 21.0. The van der Waals surface area contributed by atoms with Gasteiger partial charge in [-0.1, -0.05) is 42.8 Å². The molecule has 0 amide bonds. The van der Waals surface area contributed by atoms with Crippen LogP contribution in [0.4, 0.5) is 0 Å². The van der Waals surface area contributed by atoms with E-state index in [1.54, 1.807) is 0 Å². The molecule has 3 aromatic rings. The van der Waals surface area contributed by atoms with E-state index in [-0.39, 0.29) is 0 Å². The Hall–Kier alpha value is -2.21. The molecule has 1 atom stereocenters. The predicted octanol–water partition coefficient (Wildman–Crippen LogP) is 4.88. The summed E-state index contributed by atoms with van der Waals surface area (Å²) in [4.78, 5) is 10.2. The molecule has 2 fully saturated rings. The molecule has 0 unspecified atom stereocenters. The first-order valence-corrected chi connectivity index (χ1v) is 11.8. The second-order valence-electron chi connectivity index (χ2n) is 8.91. The van der Waals surface area contributed by atoms with Crippen LogP contribution in [-0.4, -0.2) is 60.2 Å². The minimum atomic E-state index is 0.633. The van der Waals surface area contributed by atoms with Crippen LogP contribution in [0.1, 0.15) is 37.1 Å². The van der Waals surface area contributed by atoms with Crippen LogP contribution in [0.2, 0.25) is 0 Å². The molecule has 31 heavy (non-hydrogen) atoms. The van der Waals surface area contributed by atoms with Crippen molar-refractivity contribution in [2.75, 3.05) is 39.4 Å². The van der Waals surface area contributed by atoms with Gasteiger partial charge >= 0.3 is 0 Å². The van der Waals surface area contributed by atoms with E-state index in [2.05, 4.69) is 59.2 Å². The molecule has 0 aliphatic carbocycles. The van der Waals surface area contributed by atoms with Gasteiger partial charge in [0.1, 0.15) is 5.76 Å². The van der Waals surface area contributed by atoms with Crippen LogP contribution in [-0.2, 0) is 11.3 Å². The number of piperidine rings is 1. The lowest BCUT2D eigenvalue weighted by Crippen LogP contribution is -2.43. The molecular formula is C26H33N3O2. The molecule has 5 nitrogen and oxygen atoms in total. The van der Waals surface area contributed by atoms with Crippen molar-refractivity contribution < 1.29 is 9.15 Å². The Kier molecular flexibility index (Phi) is 6.35. The normalized spacial score (nSPS) is 21.0. The average molecular weight is 420 g/mol. The minimum absolute atomic E-state index is 0.633. The van der Waals surface area contributed by atoms with E-state index >= 15 is 0 Å². The Morgan fingerprint density at radius 3 is 2.74 bits per heavy atom. The number of ether oxygens (including phenoxy) is 1. The molecule has 0 saturated carbocycles. The van der Waals surface area contributed by atoms with Gasteiger partial charge in [-0.2, -0.15) is 0 Å². The lowest BCUT2D eigenvalue weighted by atomic mass is 9.98. The summed E-state index contributed by atoms with van der Waals surface area (Å²) in [6.45, 7) is 9.17. The topological polar surface area (TPSA) is 41.7 Å². The maximum absolute atomic E-state index is 6.18. The van der Waals surface area contributed by atoms with Crippen LogP contribution < -0.4 is 0 Å². The molecule has 5 rings (SSSR count). The van der Waals surface area contributed by atoms with Crippen molar-refractivity contribution in [2.45, 2.75) is 45.2 Å². The fourth-order valence-corrected chi connectivity index (χ4v) is 5.05. The van der Waals surface area contributed by atoms with Gasteiger partial charge in [-0.05, 0) is 56.1 Å². The Balaban J connectivity index is 1.31. The Morgan fingerprint density at radius 1 is 1.00 bits per heavy atom. The number of aromatic nitrogens is 1. The van der Waals surface area contributed by atoms with E-state index in [9.17, 15) is 0 Å². The van der Waals surface area contributed by atoms with E-state index in [4.69, 9.17) is 14.1 Å². The van der Waals surface area contributed by atoms with Gasteiger partial charge in [-0.25, -0.2) is 4.98 Å². The number of benzene rings is 2. The van der Waals surface area contributed by atoms with Crippen molar-refractivity contribution >= 4 is 10.8 Å². The third-order valence-corrected chi connectivity index (χ3v) is 6.90. The van der Waals surface area contributed by atoms with Gasteiger partial charge in [-0.15, -0.1) is 0 Å². The standard InChI is InChI=1S/C26H33N3O2/c1-20-25(27-26(31-20)24-11-6-8-21-7-2-3-10-23(21)24)19-29-13-5-4-9-22(29)12-14-28-15-17-30-18-16-28/h2-3,6-8,10-11,22H,4-5,9,12-19H2,1H3/t22-/m1/s1. The third kappa shape index (κ3) is 4.69. The monoisotopic (exact) mass is 419 g/mol. The molecular weight excluding hydrogens is 386 g/mol. The first-order chi connectivity index (χ1) is 15.3. The number of likely N-dealkylation sites (tertiary alicyclic amines) is 1. The minimum Gasteiger partial charge on any atom is -0.441 e. The summed E-state index contributed by atoms with van der Waals surface area (Å²) in [6, 6.07) is 15.4. The Morgan fingerprint density at radius 2 is 1.84 bits per heavy atom. The molecule has 2 aliphatic heterocycles. The zero-order valence-corrected chi connectivity index (χ0v) is 18.6. The van der Waals surface area contributed by atoms with E-state index in [0.29, 0.717) is 6.04 Å². The molecule has 0 bridgehead atoms. The third-order valence-electron chi connectivity index (χ3n) is 6.90. The van der Waals surface area contributed by atoms with Crippen molar-refractivity contribution in [2.24, 2.45) is 0 Å². The van der Waals surface area contributed by atoms with Gasteiger partial charge in [0.25, 0.3) is 0 Å². The molecule has 0 N–H and O–H groups in total. The molecule has 5 heteroatoms. The molecule has 2 aromatic carbocycles. The van der Waals surface area contributed by atoms with Crippen LogP contribution >= 0.6 is 0 Å². The van der Waals surface area contributed by atoms with Gasteiger partial charge in [0.15, 0.2) is 0 Å². The second-order valence-corrected chi connectivity index (χ2v) is 8.91. The summed E-state index contributed by atoms with van der Waals surface area (Å²) in [6.07, 6.45) is 5.13. The van der Waals surface area contributed by atoms with Gasteiger partial charge in [0.2, 0.25) is 5.89 Å². The Bertz CT molecular complexity index is 1000. The summed E-state index contributed by atoms with van der Waals surface area (Å²) >= 11 is 0. The van der Waals surface area contributed by atoms with Crippen LogP contribution in [0.15, 0.2) is 46.9 Å². The van der Waals surface area contributed by atoms with Gasteiger partial charge in [-0.3, -0.25) is 9.80 Å². The number of hydrogen-bond donors (Lipinski definition) is 0. The zero-order valence-electron chi connectivity index (χ0n) is 18.6. The molecule has 2 aliphatic rings. The number of oxazole rings is 1. The number of hydrogen-bond acceptors (Lipinski definition) is 5. The maximum atomic E-state index is 6.18. The second kappa shape index (κ2) is 9.51. The highest BCUT2D eigenvalue weighted by Gasteiger charge is 2.25. The number of nitrogens with zero attached hydrogens (tertiary/aromatic N) is 3. The fraction of sp³-hybridized carbons (Fsp3) is 0.500. The molecule has 2 saturated heterocycles. The summed E-state index contributed by atoms with van der Waals surface area (Å²) < 4.78 is 11.7. The molecule has 3 heterocycles. The van der Waals surface area contributed by atoms with Gasteiger partial charge in [0.05, 0.1) is 18.9 Å². The van der Waals surface area contributed by atoms with Crippen molar-refractivity contribution in [3.05, 3.63) is 53.9 Å². The molecule has 0 radical (unpaired) electrons. The van der Waals surface area contributed by atoms with Gasteiger partial charge in [0, 0.05) is 31.2 Å². The van der Waals surface area contributed by atoms with Crippen molar-refractivity contribution in [3.63, 3.8) is 0 Å². The van der Waals surface area contributed by atoms with Crippen molar-refractivity contribution in [1.29, 1.82) is 0 Å². The number of aryl methyl sites for hydroxylation is 1. The van der Waals surface area contributed by atoms with E-state index in [1.165, 1.54) is 43.0 Å². The molecule has 164 valence electrons. The summed E-state index contributed by atoms with van der Waals surface area (Å²) in [5.74, 6) is 1.69.